The molecule has 0 spiro atoms. The standard InChI is InChI=1S/C12H10ClF3N2O2/c13-11-8(5-6-19-11)10(18-17)7-3-1-2-4-9(7)20-12(14,15)16/h1-6,10,18H,17H2. The van der Waals surface area contributed by atoms with Crippen LogP contribution in [0.25, 0.3) is 0 Å². The van der Waals surface area contributed by atoms with Gasteiger partial charge in [-0.05, 0) is 23.7 Å². The molecule has 20 heavy (non-hydrogen) atoms. The van der Waals surface area contributed by atoms with Gasteiger partial charge in [-0.2, -0.15) is 0 Å². The number of benzene rings is 1. The molecule has 2 rings (SSSR count). The van der Waals surface area contributed by atoms with Crippen molar-refractivity contribution < 1.29 is 22.3 Å². The van der Waals surface area contributed by atoms with E-state index in [0.717, 1.165) is 0 Å². The second-order valence-electron chi connectivity index (χ2n) is 3.83. The van der Waals surface area contributed by atoms with Gasteiger partial charge < -0.3 is 9.15 Å². The first kappa shape index (κ1) is 14.7. The third-order valence-electron chi connectivity index (χ3n) is 2.58. The average Bonchev–Trinajstić information content (AvgIpc) is 2.77. The van der Waals surface area contributed by atoms with E-state index < -0.39 is 12.4 Å². The highest BCUT2D eigenvalue weighted by atomic mass is 35.5. The Bertz CT molecular complexity index is 586. The van der Waals surface area contributed by atoms with Crippen LogP contribution in [-0.2, 0) is 0 Å². The van der Waals surface area contributed by atoms with E-state index in [0.29, 0.717) is 5.56 Å². The molecule has 0 aliphatic heterocycles. The van der Waals surface area contributed by atoms with Crippen molar-refractivity contribution in [3.05, 3.63) is 52.9 Å². The number of hydrogen-bond donors (Lipinski definition) is 2. The van der Waals surface area contributed by atoms with Crippen LogP contribution in [0.1, 0.15) is 17.2 Å². The number of hydrogen-bond acceptors (Lipinski definition) is 4. The molecule has 3 N–H and O–H groups in total. The SMILES string of the molecule is NNC(c1ccccc1OC(F)(F)F)c1ccoc1Cl. The van der Waals surface area contributed by atoms with Gasteiger partial charge in [-0.25, -0.2) is 5.43 Å². The van der Waals surface area contributed by atoms with E-state index >= 15 is 0 Å². The van der Waals surface area contributed by atoms with Gasteiger partial charge >= 0.3 is 6.36 Å². The molecule has 1 heterocycles. The molecule has 0 aliphatic carbocycles. The van der Waals surface area contributed by atoms with E-state index in [1.807, 2.05) is 0 Å². The topological polar surface area (TPSA) is 60.4 Å². The van der Waals surface area contributed by atoms with Crippen LogP contribution in [0.4, 0.5) is 13.2 Å². The summed E-state index contributed by atoms with van der Waals surface area (Å²) < 4.78 is 46.1. The molecule has 0 saturated heterocycles. The summed E-state index contributed by atoms with van der Waals surface area (Å²) in [5, 5.41) is 0.0368. The second kappa shape index (κ2) is 5.74. The van der Waals surface area contributed by atoms with Crippen LogP contribution >= 0.6 is 11.6 Å². The average molecular weight is 307 g/mol. The monoisotopic (exact) mass is 306 g/mol. The van der Waals surface area contributed by atoms with E-state index in [2.05, 4.69) is 10.2 Å². The Kier molecular flexibility index (Phi) is 4.22. The molecule has 4 nitrogen and oxygen atoms in total. The van der Waals surface area contributed by atoms with Crippen molar-refractivity contribution in [1.29, 1.82) is 0 Å². The number of rotatable bonds is 4. The predicted octanol–water partition coefficient (Wildman–Crippen LogP) is 3.38. The van der Waals surface area contributed by atoms with Gasteiger partial charge in [0, 0.05) is 11.1 Å². The molecular formula is C12H10ClF3N2O2. The molecule has 0 amide bonds. The van der Waals surface area contributed by atoms with Gasteiger partial charge in [-0.3, -0.25) is 5.84 Å². The summed E-state index contributed by atoms with van der Waals surface area (Å²) in [5.74, 6) is 5.05. The van der Waals surface area contributed by atoms with Gasteiger partial charge in [0.25, 0.3) is 0 Å². The molecule has 1 aromatic heterocycles. The van der Waals surface area contributed by atoms with Crippen molar-refractivity contribution in [2.75, 3.05) is 0 Å². The Balaban J connectivity index is 2.43. The molecule has 1 unspecified atom stereocenters. The third-order valence-corrected chi connectivity index (χ3v) is 2.89. The van der Waals surface area contributed by atoms with Crippen LogP contribution in [0.3, 0.4) is 0 Å². The lowest BCUT2D eigenvalue weighted by Crippen LogP contribution is -2.30. The van der Waals surface area contributed by atoms with Crippen molar-refractivity contribution in [2.45, 2.75) is 12.4 Å². The molecule has 0 aliphatic rings. The van der Waals surface area contributed by atoms with Crippen LogP contribution in [0.2, 0.25) is 5.22 Å². The minimum absolute atomic E-state index is 0.0368. The van der Waals surface area contributed by atoms with Crippen molar-refractivity contribution in [3.8, 4) is 5.75 Å². The minimum Gasteiger partial charge on any atom is -0.453 e. The van der Waals surface area contributed by atoms with Crippen LogP contribution in [-0.4, -0.2) is 6.36 Å². The molecule has 0 radical (unpaired) electrons. The summed E-state index contributed by atoms with van der Waals surface area (Å²) in [6.45, 7) is 0. The maximum Gasteiger partial charge on any atom is 0.573 e. The zero-order valence-corrected chi connectivity index (χ0v) is 10.7. The molecule has 108 valence electrons. The summed E-state index contributed by atoms with van der Waals surface area (Å²) in [6, 6.07) is 6.36. The van der Waals surface area contributed by atoms with Gasteiger partial charge in [0.15, 0.2) is 5.22 Å². The van der Waals surface area contributed by atoms with Gasteiger partial charge in [-0.1, -0.05) is 18.2 Å². The first-order valence-electron chi connectivity index (χ1n) is 5.46. The first-order valence-corrected chi connectivity index (χ1v) is 5.84. The van der Waals surface area contributed by atoms with Gasteiger partial charge in [-0.15, -0.1) is 13.2 Å². The van der Waals surface area contributed by atoms with Gasteiger partial charge in [0.2, 0.25) is 0 Å². The fraction of sp³-hybridized carbons (Fsp3) is 0.167. The summed E-state index contributed by atoms with van der Waals surface area (Å²) in [7, 11) is 0. The van der Waals surface area contributed by atoms with E-state index in [1.54, 1.807) is 6.07 Å². The Hall–Kier alpha value is -1.70. The summed E-state index contributed by atoms with van der Waals surface area (Å²) in [6.07, 6.45) is -3.48. The number of halogens is 4. The second-order valence-corrected chi connectivity index (χ2v) is 4.18. The molecule has 0 saturated carbocycles. The Morgan fingerprint density at radius 3 is 2.45 bits per heavy atom. The third kappa shape index (κ3) is 3.24. The van der Waals surface area contributed by atoms with Crippen LogP contribution in [0.5, 0.6) is 5.75 Å². The first-order chi connectivity index (χ1) is 9.42. The highest BCUT2D eigenvalue weighted by Gasteiger charge is 2.33. The number of para-hydroxylation sites is 1. The van der Waals surface area contributed by atoms with Gasteiger partial charge in [0.1, 0.15) is 5.75 Å². The maximum atomic E-state index is 12.4. The number of nitrogens with two attached hydrogens (primary N) is 1. The lowest BCUT2D eigenvalue weighted by Gasteiger charge is -2.19. The van der Waals surface area contributed by atoms with E-state index in [-0.39, 0.29) is 16.5 Å². The number of alkyl halides is 3. The lowest BCUT2D eigenvalue weighted by atomic mass is 10.0. The van der Waals surface area contributed by atoms with E-state index in [1.165, 1.54) is 30.5 Å². The fourth-order valence-corrected chi connectivity index (χ4v) is 2.02. The number of nitrogens with one attached hydrogen (secondary N) is 1. The summed E-state index contributed by atoms with van der Waals surface area (Å²) in [5.41, 5.74) is 3.00. The Labute approximate surface area is 117 Å². The summed E-state index contributed by atoms with van der Waals surface area (Å²) >= 11 is 5.82. The highest BCUT2D eigenvalue weighted by Crippen LogP contribution is 2.35. The zero-order valence-electron chi connectivity index (χ0n) is 9.95. The van der Waals surface area contributed by atoms with Crippen LogP contribution < -0.4 is 16.0 Å². The molecule has 8 heteroatoms. The number of hydrazine groups is 1. The van der Waals surface area contributed by atoms with E-state index in [9.17, 15) is 13.2 Å². The Morgan fingerprint density at radius 2 is 1.90 bits per heavy atom. The van der Waals surface area contributed by atoms with Crippen LogP contribution in [0, 0.1) is 0 Å². The normalized spacial score (nSPS) is 13.2. The largest absolute Gasteiger partial charge is 0.573 e. The maximum absolute atomic E-state index is 12.4. The molecular weight excluding hydrogens is 297 g/mol. The lowest BCUT2D eigenvalue weighted by molar-refractivity contribution is -0.275. The molecule has 0 bridgehead atoms. The molecule has 1 atom stereocenters. The molecule has 0 fully saturated rings. The number of furan rings is 1. The minimum atomic E-state index is -4.80. The smallest absolute Gasteiger partial charge is 0.453 e. The quantitative estimate of drug-likeness (QED) is 0.671. The zero-order chi connectivity index (χ0) is 14.8. The van der Waals surface area contributed by atoms with Crippen molar-refractivity contribution in [3.63, 3.8) is 0 Å². The highest BCUT2D eigenvalue weighted by molar-refractivity contribution is 6.29. The predicted molar refractivity (Wildman–Crippen MR) is 66.0 cm³/mol. The molecule has 2 aromatic rings. The van der Waals surface area contributed by atoms with Crippen molar-refractivity contribution in [1.82, 2.24) is 5.43 Å². The fourth-order valence-electron chi connectivity index (χ4n) is 1.79. The van der Waals surface area contributed by atoms with Gasteiger partial charge in [0.05, 0.1) is 12.3 Å². The van der Waals surface area contributed by atoms with Crippen molar-refractivity contribution >= 4 is 11.6 Å². The molecule has 1 aromatic carbocycles. The Morgan fingerprint density at radius 1 is 1.20 bits per heavy atom. The van der Waals surface area contributed by atoms with E-state index in [4.69, 9.17) is 21.9 Å². The van der Waals surface area contributed by atoms with Crippen LogP contribution in [0.15, 0.2) is 41.0 Å². The summed E-state index contributed by atoms with van der Waals surface area (Å²) in [4.78, 5) is 0. The number of ether oxygens (including phenoxy) is 1. The van der Waals surface area contributed by atoms with Crippen molar-refractivity contribution in [2.24, 2.45) is 5.84 Å².